The minimum absolute atomic E-state index is 0.190. The second-order valence-electron chi connectivity index (χ2n) is 7.44. The van der Waals surface area contributed by atoms with Crippen molar-refractivity contribution in [1.82, 2.24) is 24.1 Å². The van der Waals surface area contributed by atoms with Gasteiger partial charge in [0.2, 0.25) is 0 Å². The van der Waals surface area contributed by atoms with E-state index in [1.807, 2.05) is 53.2 Å². The lowest BCUT2D eigenvalue weighted by atomic mass is 10.1. The zero-order valence-corrected chi connectivity index (χ0v) is 18.6. The van der Waals surface area contributed by atoms with Crippen molar-refractivity contribution in [2.24, 2.45) is 0 Å². The molecule has 33 heavy (non-hydrogen) atoms. The summed E-state index contributed by atoms with van der Waals surface area (Å²) in [5.74, 6) is 1.81. The van der Waals surface area contributed by atoms with Gasteiger partial charge in [0.25, 0.3) is 5.56 Å². The average Bonchev–Trinajstić information content (AvgIpc) is 3.32. The molecule has 0 radical (unpaired) electrons. The number of ether oxygens (including phenoxy) is 1. The third kappa shape index (κ3) is 4.04. The molecule has 0 atom stereocenters. The molecule has 5 rings (SSSR count). The Morgan fingerprint density at radius 3 is 2.42 bits per heavy atom. The minimum atomic E-state index is -0.190. The first-order chi connectivity index (χ1) is 16.2. The highest BCUT2D eigenvalue weighted by Gasteiger charge is 2.16. The van der Waals surface area contributed by atoms with Crippen LogP contribution < -0.4 is 5.56 Å². The second kappa shape index (κ2) is 8.97. The van der Waals surface area contributed by atoms with Crippen LogP contribution in [0, 0.1) is 0 Å². The molecule has 7 nitrogen and oxygen atoms in total. The van der Waals surface area contributed by atoms with Crippen molar-refractivity contribution in [2.75, 3.05) is 13.7 Å². The molecule has 0 amide bonds. The number of nitrogens with zero attached hydrogens (tertiary/aromatic N) is 5. The van der Waals surface area contributed by atoms with Gasteiger partial charge in [-0.05, 0) is 24.3 Å². The molecular formula is C25H20ClN5O2. The van der Waals surface area contributed by atoms with E-state index in [1.54, 1.807) is 31.5 Å². The Kier molecular flexibility index (Phi) is 5.73. The average molecular weight is 458 g/mol. The molecule has 0 saturated heterocycles. The number of benzene rings is 2. The van der Waals surface area contributed by atoms with Gasteiger partial charge in [-0.2, -0.15) is 0 Å². The van der Waals surface area contributed by atoms with Gasteiger partial charge in [0, 0.05) is 43.4 Å². The number of hydrogen-bond donors (Lipinski definition) is 0. The van der Waals surface area contributed by atoms with E-state index in [9.17, 15) is 4.79 Å². The van der Waals surface area contributed by atoms with Crippen LogP contribution in [0.25, 0.3) is 39.5 Å². The summed E-state index contributed by atoms with van der Waals surface area (Å²) < 4.78 is 8.75. The van der Waals surface area contributed by atoms with Crippen LogP contribution in [0.2, 0.25) is 5.02 Å². The van der Waals surface area contributed by atoms with Gasteiger partial charge in [-0.1, -0.05) is 48.0 Å². The van der Waals surface area contributed by atoms with Crippen LogP contribution in [0.4, 0.5) is 0 Å². The second-order valence-corrected chi connectivity index (χ2v) is 7.88. The van der Waals surface area contributed by atoms with Gasteiger partial charge < -0.3 is 9.30 Å². The summed E-state index contributed by atoms with van der Waals surface area (Å²) in [5, 5.41) is 1.02. The molecule has 0 aliphatic heterocycles. The van der Waals surface area contributed by atoms with Gasteiger partial charge >= 0.3 is 0 Å². The largest absolute Gasteiger partial charge is 0.383 e. The van der Waals surface area contributed by atoms with Crippen molar-refractivity contribution >= 4 is 22.5 Å². The molecule has 0 spiro atoms. The fraction of sp³-hybridized carbons (Fsp3) is 0.120. The van der Waals surface area contributed by atoms with Crippen molar-refractivity contribution in [2.45, 2.75) is 6.54 Å². The molecule has 164 valence electrons. The first kappa shape index (κ1) is 21.1. The third-order valence-corrected chi connectivity index (χ3v) is 5.59. The highest BCUT2D eigenvalue weighted by molar-refractivity contribution is 6.30. The highest BCUT2D eigenvalue weighted by atomic mass is 35.5. The minimum Gasteiger partial charge on any atom is -0.383 e. The van der Waals surface area contributed by atoms with Crippen molar-refractivity contribution < 1.29 is 4.74 Å². The number of para-hydroxylation sites is 1. The van der Waals surface area contributed by atoms with Gasteiger partial charge in [-0.25, -0.2) is 19.5 Å². The Bertz CT molecular complexity index is 1470. The maximum atomic E-state index is 13.4. The predicted octanol–water partition coefficient (Wildman–Crippen LogP) is 4.61. The third-order valence-electron chi connectivity index (χ3n) is 5.37. The number of halogens is 1. The molecule has 5 aromatic rings. The molecule has 3 heterocycles. The van der Waals surface area contributed by atoms with E-state index >= 15 is 0 Å². The number of methoxy groups -OCH3 is 1. The monoisotopic (exact) mass is 457 g/mol. The van der Waals surface area contributed by atoms with E-state index in [0.29, 0.717) is 40.7 Å². The van der Waals surface area contributed by atoms with Gasteiger partial charge in [0.05, 0.1) is 22.5 Å². The van der Waals surface area contributed by atoms with E-state index in [0.717, 1.165) is 17.0 Å². The molecule has 0 N–H and O–H groups in total. The van der Waals surface area contributed by atoms with E-state index in [-0.39, 0.29) is 5.56 Å². The molecule has 2 aromatic carbocycles. The summed E-state index contributed by atoms with van der Waals surface area (Å²) >= 11 is 6.02. The van der Waals surface area contributed by atoms with Gasteiger partial charge in [-0.15, -0.1) is 0 Å². The molecule has 0 aliphatic rings. The van der Waals surface area contributed by atoms with Crippen molar-refractivity contribution in [3.05, 3.63) is 94.6 Å². The summed E-state index contributed by atoms with van der Waals surface area (Å²) in [5.41, 5.74) is 2.18. The standard InChI is InChI=1S/C25H20ClN5O2/c1-33-15-14-30-13-12-27-23(30)17-6-8-18(9-7-17)24-29-21-5-3-2-4-20(21)25(32)31(24)22-11-10-19(26)16-28-22/h2-13,16H,14-15H2,1H3. The number of fused-ring (bicyclic) bond motifs is 1. The lowest BCUT2D eigenvalue weighted by Crippen LogP contribution is -2.22. The van der Waals surface area contributed by atoms with Crippen LogP contribution >= 0.6 is 11.6 Å². The maximum Gasteiger partial charge on any atom is 0.267 e. The van der Waals surface area contributed by atoms with E-state index in [2.05, 4.69) is 9.97 Å². The first-order valence-electron chi connectivity index (χ1n) is 10.4. The molecule has 3 aromatic heterocycles. The fourth-order valence-electron chi connectivity index (χ4n) is 3.75. The number of aromatic nitrogens is 5. The van der Waals surface area contributed by atoms with Gasteiger partial charge in [-0.3, -0.25) is 4.79 Å². The zero-order valence-electron chi connectivity index (χ0n) is 17.9. The van der Waals surface area contributed by atoms with Crippen LogP contribution in [0.1, 0.15) is 0 Å². The summed E-state index contributed by atoms with van der Waals surface area (Å²) in [6, 6.07) is 18.5. The molecule has 0 unspecified atom stereocenters. The Labute approximate surface area is 194 Å². The first-order valence-corrected chi connectivity index (χ1v) is 10.8. The lowest BCUT2D eigenvalue weighted by molar-refractivity contribution is 0.187. The van der Waals surface area contributed by atoms with Crippen molar-refractivity contribution in [1.29, 1.82) is 0 Å². The maximum absolute atomic E-state index is 13.4. The Morgan fingerprint density at radius 2 is 1.70 bits per heavy atom. The molecule has 0 fully saturated rings. The van der Waals surface area contributed by atoms with Gasteiger partial charge in [0.1, 0.15) is 17.5 Å². The van der Waals surface area contributed by atoms with Crippen LogP contribution in [0.5, 0.6) is 0 Å². The van der Waals surface area contributed by atoms with Crippen molar-refractivity contribution in [3.8, 4) is 28.6 Å². The quantitative estimate of drug-likeness (QED) is 0.372. The number of hydrogen-bond acceptors (Lipinski definition) is 5. The van der Waals surface area contributed by atoms with Crippen LogP contribution in [-0.2, 0) is 11.3 Å². The van der Waals surface area contributed by atoms with Crippen LogP contribution in [-0.4, -0.2) is 37.8 Å². The predicted molar refractivity (Wildman–Crippen MR) is 129 cm³/mol. The normalized spacial score (nSPS) is 11.2. The smallest absolute Gasteiger partial charge is 0.267 e. The SMILES string of the molecule is COCCn1ccnc1-c1ccc(-c2nc3ccccc3c(=O)n2-c2ccc(Cl)cn2)cc1. The molecule has 8 heteroatoms. The lowest BCUT2D eigenvalue weighted by Gasteiger charge is -2.14. The Morgan fingerprint density at radius 1 is 0.939 bits per heavy atom. The van der Waals surface area contributed by atoms with Crippen LogP contribution in [0.15, 0.2) is 84.0 Å². The topological polar surface area (TPSA) is 74.8 Å². The highest BCUT2D eigenvalue weighted by Crippen LogP contribution is 2.25. The Hall–Kier alpha value is -3.81. The number of pyridine rings is 1. The van der Waals surface area contributed by atoms with Crippen LogP contribution in [0.3, 0.4) is 0 Å². The molecule has 0 saturated carbocycles. The molecule has 0 bridgehead atoms. The number of imidazole rings is 1. The summed E-state index contributed by atoms with van der Waals surface area (Å²) in [7, 11) is 1.68. The number of rotatable bonds is 6. The van der Waals surface area contributed by atoms with Gasteiger partial charge in [0.15, 0.2) is 0 Å². The zero-order chi connectivity index (χ0) is 22.8. The summed E-state index contributed by atoms with van der Waals surface area (Å²) in [6.07, 6.45) is 5.22. The molecule has 0 aliphatic carbocycles. The van der Waals surface area contributed by atoms with E-state index in [1.165, 1.54) is 10.8 Å². The summed E-state index contributed by atoms with van der Waals surface area (Å²) in [6.45, 7) is 1.31. The van der Waals surface area contributed by atoms with E-state index in [4.69, 9.17) is 21.3 Å². The van der Waals surface area contributed by atoms with Crippen molar-refractivity contribution in [3.63, 3.8) is 0 Å². The fourth-order valence-corrected chi connectivity index (χ4v) is 3.86. The Balaban J connectivity index is 1.64. The molecular weight excluding hydrogens is 438 g/mol. The van der Waals surface area contributed by atoms with E-state index < -0.39 is 0 Å². The summed E-state index contributed by atoms with van der Waals surface area (Å²) in [4.78, 5) is 27.1.